The Morgan fingerprint density at radius 2 is 1.88 bits per heavy atom. The lowest BCUT2D eigenvalue weighted by molar-refractivity contribution is 0.403. The van der Waals surface area contributed by atoms with Crippen molar-refractivity contribution in [2.45, 2.75) is 52.5 Å². The van der Waals surface area contributed by atoms with Gasteiger partial charge in [-0.25, -0.2) is 0 Å². The predicted octanol–water partition coefficient (Wildman–Crippen LogP) is 3.58. The minimum absolute atomic E-state index is 0.235. The van der Waals surface area contributed by atoms with Gasteiger partial charge in [-0.2, -0.15) is 0 Å². The molecular formula is C15H25N. The first kappa shape index (κ1) is 13.2. The van der Waals surface area contributed by atoms with Crippen molar-refractivity contribution in [2.75, 3.05) is 7.05 Å². The third-order valence-electron chi connectivity index (χ3n) is 3.43. The predicted molar refractivity (Wildman–Crippen MR) is 72.1 cm³/mol. The first-order valence-corrected chi connectivity index (χ1v) is 6.12. The van der Waals surface area contributed by atoms with E-state index in [-0.39, 0.29) is 5.41 Å². The number of hydrogen-bond acceptors (Lipinski definition) is 1. The number of nitrogens with one attached hydrogen (secondary N) is 1. The number of hydrogen-bond donors (Lipinski definition) is 1. The summed E-state index contributed by atoms with van der Waals surface area (Å²) >= 11 is 0. The van der Waals surface area contributed by atoms with Gasteiger partial charge in [0.05, 0.1) is 0 Å². The van der Waals surface area contributed by atoms with Crippen LogP contribution in [-0.4, -0.2) is 13.1 Å². The molecule has 0 aliphatic heterocycles. The number of rotatable bonds is 4. The molecule has 90 valence electrons. The Labute approximate surface area is 100 Å². The molecule has 0 saturated carbocycles. The Hall–Kier alpha value is -0.820. The van der Waals surface area contributed by atoms with Gasteiger partial charge in [-0.05, 0) is 50.8 Å². The van der Waals surface area contributed by atoms with Crippen molar-refractivity contribution in [3.63, 3.8) is 0 Å². The maximum absolute atomic E-state index is 3.32. The molecule has 0 radical (unpaired) electrons. The highest BCUT2D eigenvalue weighted by atomic mass is 14.9. The topological polar surface area (TPSA) is 12.0 Å². The second-order valence-electron chi connectivity index (χ2n) is 5.60. The minimum Gasteiger partial charge on any atom is -0.317 e. The van der Waals surface area contributed by atoms with Crippen LogP contribution in [0.1, 0.15) is 43.9 Å². The second-order valence-corrected chi connectivity index (χ2v) is 5.60. The van der Waals surface area contributed by atoms with Crippen molar-refractivity contribution in [2.24, 2.45) is 0 Å². The van der Waals surface area contributed by atoms with Gasteiger partial charge >= 0.3 is 0 Å². The molecule has 0 aromatic heterocycles. The van der Waals surface area contributed by atoms with Gasteiger partial charge in [0.1, 0.15) is 0 Å². The van der Waals surface area contributed by atoms with Crippen molar-refractivity contribution in [3.8, 4) is 0 Å². The van der Waals surface area contributed by atoms with Gasteiger partial charge in [-0.15, -0.1) is 0 Å². The third-order valence-corrected chi connectivity index (χ3v) is 3.43. The van der Waals surface area contributed by atoms with Crippen LogP contribution in [0.15, 0.2) is 18.2 Å². The molecule has 0 aliphatic rings. The van der Waals surface area contributed by atoms with E-state index in [1.807, 2.05) is 7.05 Å². The van der Waals surface area contributed by atoms with Crippen molar-refractivity contribution < 1.29 is 0 Å². The van der Waals surface area contributed by atoms with Crippen LogP contribution in [0.3, 0.4) is 0 Å². The van der Waals surface area contributed by atoms with E-state index < -0.39 is 0 Å². The Kier molecular flexibility index (Phi) is 4.15. The highest BCUT2D eigenvalue weighted by Gasteiger charge is 2.24. The molecule has 0 amide bonds. The molecule has 1 heteroatoms. The van der Waals surface area contributed by atoms with Crippen LogP contribution >= 0.6 is 0 Å². The largest absolute Gasteiger partial charge is 0.317 e. The number of benzene rings is 1. The van der Waals surface area contributed by atoms with E-state index in [1.54, 1.807) is 0 Å². The highest BCUT2D eigenvalue weighted by Crippen LogP contribution is 2.31. The fourth-order valence-electron chi connectivity index (χ4n) is 2.44. The zero-order chi connectivity index (χ0) is 12.3. The fourth-order valence-corrected chi connectivity index (χ4v) is 2.44. The summed E-state index contributed by atoms with van der Waals surface area (Å²) in [7, 11) is 2.03. The summed E-state index contributed by atoms with van der Waals surface area (Å²) in [6, 6.07) is 7.31. The molecule has 1 unspecified atom stereocenters. The molecule has 0 fully saturated rings. The monoisotopic (exact) mass is 219 g/mol. The molecule has 0 bridgehead atoms. The molecule has 1 nitrogen and oxygen atoms in total. The quantitative estimate of drug-likeness (QED) is 0.816. The summed E-state index contributed by atoms with van der Waals surface area (Å²) in [5.41, 5.74) is 4.47. The second kappa shape index (κ2) is 5.01. The lowest BCUT2D eigenvalue weighted by Gasteiger charge is -2.30. The lowest BCUT2D eigenvalue weighted by atomic mass is 9.77. The van der Waals surface area contributed by atoms with E-state index >= 15 is 0 Å². The Morgan fingerprint density at radius 1 is 1.25 bits per heavy atom. The molecule has 1 N–H and O–H groups in total. The van der Waals surface area contributed by atoms with E-state index in [1.165, 1.54) is 16.7 Å². The molecule has 0 spiro atoms. The van der Waals surface area contributed by atoms with Crippen molar-refractivity contribution in [3.05, 3.63) is 34.9 Å². The van der Waals surface area contributed by atoms with E-state index in [4.69, 9.17) is 0 Å². The van der Waals surface area contributed by atoms with Gasteiger partial charge < -0.3 is 5.32 Å². The van der Waals surface area contributed by atoms with Crippen molar-refractivity contribution in [1.82, 2.24) is 5.32 Å². The summed E-state index contributed by atoms with van der Waals surface area (Å²) in [5.74, 6) is 0. The summed E-state index contributed by atoms with van der Waals surface area (Å²) in [6.07, 6.45) is 1.16. The van der Waals surface area contributed by atoms with E-state index in [9.17, 15) is 0 Å². The zero-order valence-corrected chi connectivity index (χ0v) is 11.5. The van der Waals surface area contributed by atoms with Gasteiger partial charge in [0.15, 0.2) is 0 Å². The molecule has 0 heterocycles. The normalized spacial score (nSPS) is 13.9. The Balaban J connectivity index is 3.01. The Morgan fingerprint density at radius 3 is 2.44 bits per heavy atom. The zero-order valence-electron chi connectivity index (χ0n) is 11.5. The van der Waals surface area contributed by atoms with E-state index in [0.29, 0.717) is 6.04 Å². The molecule has 1 aromatic carbocycles. The molecule has 1 atom stereocenters. The maximum Gasteiger partial charge on any atom is 0.00440 e. The standard InChI is InChI=1S/C15H25N/c1-11-7-8-12(2)14(9-11)15(4,5)10-13(3)16-6/h7-9,13,16H,10H2,1-6H3. The summed E-state index contributed by atoms with van der Waals surface area (Å²) in [6.45, 7) is 11.3. The maximum atomic E-state index is 3.32. The summed E-state index contributed by atoms with van der Waals surface area (Å²) in [5, 5.41) is 3.32. The smallest absolute Gasteiger partial charge is 0.00440 e. The third kappa shape index (κ3) is 3.08. The van der Waals surface area contributed by atoms with Gasteiger partial charge in [0.25, 0.3) is 0 Å². The minimum atomic E-state index is 0.235. The summed E-state index contributed by atoms with van der Waals surface area (Å²) < 4.78 is 0. The average molecular weight is 219 g/mol. The highest BCUT2D eigenvalue weighted by molar-refractivity contribution is 5.35. The molecule has 0 saturated heterocycles. The molecule has 0 aliphatic carbocycles. The first-order valence-electron chi connectivity index (χ1n) is 6.12. The van der Waals surface area contributed by atoms with Gasteiger partial charge in [0.2, 0.25) is 0 Å². The number of aryl methyl sites for hydroxylation is 2. The van der Waals surface area contributed by atoms with Gasteiger partial charge in [0, 0.05) is 6.04 Å². The fraction of sp³-hybridized carbons (Fsp3) is 0.600. The van der Waals surface area contributed by atoms with Gasteiger partial charge in [-0.1, -0.05) is 37.6 Å². The van der Waals surface area contributed by atoms with Crippen LogP contribution in [0.4, 0.5) is 0 Å². The van der Waals surface area contributed by atoms with Gasteiger partial charge in [-0.3, -0.25) is 0 Å². The lowest BCUT2D eigenvalue weighted by Crippen LogP contribution is -2.31. The van der Waals surface area contributed by atoms with Crippen molar-refractivity contribution >= 4 is 0 Å². The van der Waals surface area contributed by atoms with E-state index in [0.717, 1.165) is 6.42 Å². The first-order chi connectivity index (χ1) is 7.36. The van der Waals surface area contributed by atoms with Crippen LogP contribution in [0.5, 0.6) is 0 Å². The van der Waals surface area contributed by atoms with Crippen LogP contribution in [-0.2, 0) is 5.41 Å². The molecule has 1 rings (SSSR count). The van der Waals surface area contributed by atoms with Crippen LogP contribution in [0.25, 0.3) is 0 Å². The molecule has 1 aromatic rings. The SMILES string of the molecule is CNC(C)CC(C)(C)c1cc(C)ccc1C. The average Bonchev–Trinajstić information content (AvgIpc) is 2.20. The molecular weight excluding hydrogens is 194 g/mol. The van der Waals surface area contributed by atoms with Crippen LogP contribution in [0, 0.1) is 13.8 Å². The Bertz CT molecular complexity index is 352. The summed E-state index contributed by atoms with van der Waals surface area (Å²) in [4.78, 5) is 0. The van der Waals surface area contributed by atoms with Crippen LogP contribution < -0.4 is 5.32 Å². The van der Waals surface area contributed by atoms with E-state index in [2.05, 4.69) is 58.1 Å². The molecule has 16 heavy (non-hydrogen) atoms. The van der Waals surface area contributed by atoms with Crippen molar-refractivity contribution in [1.29, 1.82) is 0 Å². The van der Waals surface area contributed by atoms with Crippen LogP contribution in [0.2, 0.25) is 0 Å².